The SMILES string of the molecule is O=C(c1ccccc1)N1C[C@H](COc2ccccc2)O[C@@H](c2ccco2)O1. The van der Waals surface area contributed by atoms with E-state index in [1.54, 1.807) is 24.3 Å². The van der Waals surface area contributed by atoms with Crippen LogP contribution in [0.3, 0.4) is 0 Å². The summed E-state index contributed by atoms with van der Waals surface area (Å²) >= 11 is 0. The molecule has 1 aliphatic heterocycles. The van der Waals surface area contributed by atoms with Crippen LogP contribution in [0.2, 0.25) is 0 Å². The summed E-state index contributed by atoms with van der Waals surface area (Å²) in [4.78, 5) is 18.6. The van der Waals surface area contributed by atoms with Crippen LogP contribution in [0.15, 0.2) is 83.5 Å². The van der Waals surface area contributed by atoms with Gasteiger partial charge in [-0.15, -0.1) is 0 Å². The standard InChI is InChI=1S/C21H19NO5/c23-20(16-8-3-1-4-9-16)22-14-18(15-25-17-10-5-2-6-11-17)26-21(27-22)19-12-7-13-24-19/h1-13,18,21H,14-15H2/t18-,21-/m1/s1. The smallest absolute Gasteiger partial charge is 0.277 e. The zero-order valence-electron chi connectivity index (χ0n) is 14.6. The van der Waals surface area contributed by atoms with Gasteiger partial charge in [-0.1, -0.05) is 36.4 Å². The molecule has 1 aliphatic rings. The third kappa shape index (κ3) is 4.19. The number of nitrogens with zero attached hydrogens (tertiary/aromatic N) is 1. The third-order valence-electron chi connectivity index (χ3n) is 4.11. The van der Waals surface area contributed by atoms with Gasteiger partial charge in [0.15, 0.2) is 5.76 Å². The van der Waals surface area contributed by atoms with Crippen LogP contribution in [-0.4, -0.2) is 30.2 Å². The highest BCUT2D eigenvalue weighted by Gasteiger charge is 2.35. The molecule has 0 aliphatic carbocycles. The van der Waals surface area contributed by atoms with Crippen molar-refractivity contribution >= 4 is 5.91 Å². The minimum Gasteiger partial charge on any atom is -0.491 e. The van der Waals surface area contributed by atoms with Crippen molar-refractivity contribution in [1.29, 1.82) is 0 Å². The lowest BCUT2D eigenvalue weighted by Crippen LogP contribution is -2.47. The van der Waals surface area contributed by atoms with Gasteiger partial charge in [-0.05, 0) is 36.4 Å². The van der Waals surface area contributed by atoms with Crippen molar-refractivity contribution < 1.29 is 23.5 Å². The number of hydroxylamine groups is 2. The highest BCUT2D eigenvalue weighted by Crippen LogP contribution is 2.28. The zero-order chi connectivity index (χ0) is 18.5. The highest BCUT2D eigenvalue weighted by atomic mass is 16.8. The molecule has 0 bridgehead atoms. The second-order valence-electron chi connectivity index (χ2n) is 6.07. The molecule has 4 rings (SSSR count). The Bertz CT molecular complexity index is 851. The predicted octanol–water partition coefficient (Wildman–Crippen LogP) is 3.83. The Morgan fingerprint density at radius 1 is 1.00 bits per heavy atom. The number of para-hydroxylation sites is 1. The average molecular weight is 365 g/mol. The largest absolute Gasteiger partial charge is 0.491 e. The summed E-state index contributed by atoms with van der Waals surface area (Å²) in [7, 11) is 0. The predicted molar refractivity (Wildman–Crippen MR) is 96.8 cm³/mol. The van der Waals surface area contributed by atoms with Crippen molar-refractivity contribution in [3.05, 3.63) is 90.4 Å². The molecule has 27 heavy (non-hydrogen) atoms. The monoisotopic (exact) mass is 365 g/mol. The first-order valence-corrected chi connectivity index (χ1v) is 8.70. The van der Waals surface area contributed by atoms with Gasteiger partial charge < -0.3 is 13.9 Å². The number of amides is 1. The van der Waals surface area contributed by atoms with E-state index < -0.39 is 6.29 Å². The van der Waals surface area contributed by atoms with E-state index in [1.807, 2.05) is 48.5 Å². The maximum Gasteiger partial charge on any atom is 0.277 e. The lowest BCUT2D eigenvalue weighted by Gasteiger charge is -2.36. The first-order chi connectivity index (χ1) is 13.3. The van der Waals surface area contributed by atoms with Crippen LogP contribution in [-0.2, 0) is 9.57 Å². The summed E-state index contributed by atoms with van der Waals surface area (Å²) in [5.74, 6) is 0.994. The molecule has 138 valence electrons. The molecule has 1 saturated heterocycles. The van der Waals surface area contributed by atoms with Crippen molar-refractivity contribution in [3.8, 4) is 5.75 Å². The molecule has 0 N–H and O–H groups in total. The van der Waals surface area contributed by atoms with Crippen LogP contribution in [0.4, 0.5) is 0 Å². The molecule has 2 aromatic carbocycles. The number of hydrogen-bond acceptors (Lipinski definition) is 5. The van der Waals surface area contributed by atoms with E-state index >= 15 is 0 Å². The van der Waals surface area contributed by atoms with Crippen molar-refractivity contribution in [1.82, 2.24) is 5.06 Å². The van der Waals surface area contributed by atoms with Gasteiger partial charge in [0.05, 0.1) is 12.8 Å². The lowest BCUT2D eigenvalue weighted by atomic mass is 10.2. The second-order valence-corrected chi connectivity index (χ2v) is 6.07. The molecule has 1 aromatic heterocycles. The average Bonchev–Trinajstić information content (AvgIpc) is 3.28. The van der Waals surface area contributed by atoms with Crippen LogP contribution in [0.25, 0.3) is 0 Å². The Balaban J connectivity index is 1.50. The molecular formula is C21H19NO5. The van der Waals surface area contributed by atoms with Crippen LogP contribution in [0.5, 0.6) is 5.75 Å². The first-order valence-electron chi connectivity index (χ1n) is 8.70. The molecule has 1 amide bonds. The quantitative estimate of drug-likeness (QED) is 0.688. The van der Waals surface area contributed by atoms with Crippen LogP contribution >= 0.6 is 0 Å². The molecule has 0 radical (unpaired) electrons. The molecule has 6 nitrogen and oxygen atoms in total. The maximum atomic E-state index is 12.8. The van der Waals surface area contributed by atoms with Gasteiger partial charge in [0.1, 0.15) is 18.5 Å². The van der Waals surface area contributed by atoms with Gasteiger partial charge in [-0.3, -0.25) is 4.79 Å². The second kappa shape index (κ2) is 8.07. The Hall–Kier alpha value is -3.09. The summed E-state index contributed by atoms with van der Waals surface area (Å²) in [5.41, 5.74) is 0.542. The van der Waals surface area contributed by atoms with E-state index in [9.17, 15) is 4.79 Å². The van der Waals surface area contributed by atoms with E-state index in [4.69, 9.17) is 18.7 Å². The van der Waals surface area contributed by atoms with Gasteiger partial charge in [0.2, 0.25) is 6.29 Å². The highest BCUT2D eigenvalue weighted by molar-refractivity contribution is 5.93. The summed E-state index contributed by atoms with van der Waals surface area (Å²) in [6, 6.07) is 21.9. The molecule has 2 heterocycles. The van der Waals surface area contributed by atoms with Crippen LogP contribution < -0.4 is 4.74 Å². The molecule has 2 atom stereocenters. The van der Waals surface area contributed by atoms with E-state index in [1.165, 1.54) is 11.3 Å². The molecule has 1 fully saturated rings. The number of carbonyl (C=O) groups excluding carboxylic acids is 1. The number of furan rings is 1. The summed E-state index contributed by atoms with van der Waals surface area (Å²) in [5, 5.41) is 1.31. The fraction of sp³-hybridized carbons (Fsp3) is 0.190. The first kappa shape index (κ1) is 17.3. The minimum atomic E-state index is -0.814. The molecule has 6 heteroatoms. The number of rotatable bonds is 5. The van der Waals surface area contributed by atoms with Crippen molar-refractivity contribution in [3.63, 3.8) is 0 Å². The molecule has 0 saturated carbocycles. The van der Waals surface area contributed by atoms with Crippen molar-refractivity contribution in [2.24, 2.45) is 0 Å². The van der Waals surface area contributed by atoms with E-state index in [0.717, 1.165) is 5.75 Å². The van der Waals surface area contributed by atoms with E-state index in [2.05, 4.69) is 0 Å². The molecule has 0 spiro atoms. The van der Waals surface area contributed by atoms with Gasteiger partial charge in [-0.25, -0.2) is 9.90 Å². The van der Waals surface area contributed by atoms with Gasteiger partial charge in [0, 0.05) is 5.56 Å². The molecule has 3 aromatic rings. The summed E-state index contributed by atoms with van der Waals surface area (Å²) in [6.45, 7) is 0.529. The zero-order valence-corrected chi connectivity index (χ0v) is 14.6. The number of hydrogen-bond donors (Lipinski definition) is 0. The van der Waals surface area contributed by atoms with Gasteiger partial charge >= 0.3 is 0 Å². The van der Waals surface area contributed by atoms with Crippen molar-refractivity contribution in [2.45, 2.75) is 12.4 Å². The number of benzene rings is 2. The third-order valence-corrected chi connectivity index (χ3v) is 4.11. The maximum absolute atomic E-state index is 12.8. The fourth-order valence-electron chi connectivity index (χ4n) is 2.78. The molecule has 0 unspecified atom stereocenters. The number of carbonyl (C=O) groups is 1. The Morgan fingerprint density at radius 2 is 1.74 bits per heavy atom. The topological polar surface area (TPSA) is 61.1 Å². The van der Waals surface area contributed by atoms with E-state index in [-0.39, 0.29) is 25.2 Å². The van der Waals surface area contributed by atoms with Crippen LogP contribution in [0, 0.1) is 0 Å². The molecular weight excluding hydrogens is 346 g/mol. The summed E-state index contributed by atoms with van der Waals surface area (Å²) in [6.07, 6.45) is 0.350. The Labute approximate surface area is 156 Å². The minimum absolute atomic E-state index is 0.236. The van der Waals surface area contributed by atoms with E-state index in [0.29, 0.717) is 11.3 Å². The fourth-order valence-corrected chi connectivity index (χ4v) is 2.78. The Morgan fingerprint density at radius 3 is 2.44 bits per heavy atom. The normalized spacial score (nSPS) is 19.6. The van der Waals surface area contributed by atoms with Gasteiger partial charge in [0.25, 0.3) is 5.91 Å². The van der Waals surface area contributed by atoms with Crippen LogP contribution in [0.1, 0.15) is 22.4 Å². The van der Waals surface area contributed by atoms with Gasteiger partial charge in [-0.2, -0.15) is 0 Å². The lowest BCUT2D eigenvalue weighted by molar-refractivity contribution is -0.330. The number of ether oxygens (including phenoxy) is 2. The summed E-state index contributed by atoms with van der Waals surface area (Å²) < 4.78 is 17.1. The van der Waals surface area contributed by atoms with Crippen molar-refractivity contribution in [2.75, 3.05) is 13.2 Å². The Kier molecular flexibility index (Phi) is 5.18.